The second kappa shape index (κ2) is 36.9. The van der Waals surface area contributed by atoms with Gasteiger partial charge >= 0.3 is 0 Å². The van der Waals surface area contributed by atoms with Gasteiger partial charge in [-0.2, -0.15) is 0 Å². The van der Waals surface area contributed by atoms with E-state index >= 15 is 0 Å². The summed E-state index contributed by atoms with van der Waals surface area (Å²) in [4.78, 5) is 13.0. The van der Waals surface area contributed by atoms with Gasteiger partial charge in [0.15, 0.2) is 6.29 Å². The molecule has 0 aromatic heterocycles. The number of amides is 1. The number of nitrogens with one attached hydrogen (secondary N) is 1. The van der Waals surface area contributed by atoms with Crippen LogP contribution in [0.3, 0.4) is 0 Å². The van der Waals surface area contributed by atoms with Crippen LogP contribution in [0.25, 0.3) is 0 Å². The first-order chi connectivity index (χ1) is 27.7. The quantitative estimate of drug-likeness (QED) is 0.0283. The summed E-state index contributed by atoms with van der Waals surface area (Å²) in [5.41, 5.74) is 0. The van der Waals surface area contributed by atoms with Gasteiger partial charge in [0.2, 0.25) is 5.91 Å². The number of aliphatic hydroxyl groups excluding tert-OH is 7. The van der Waals surface area contributed by atoms with Crippen LogP contribution in [0.1, 0.15) is 219 Å². The monoisotopic (exact) mass is 818 g/mol. The molecule has 340 valence electrons. The zero-order valence-corrected chi connectivity index (χ0v) is 36.6. The minimum absolute atomic E-state index is 0.263. The molecule has 1 amide bonds. The van der Waals surface area contributed by atoms with Crippen LogP contribution in [-0.2, 0) is 14.3 Å². The molecular weight excluding hydrogens is 727 g/mol. The highest BCUT2D eigenvalue weighted by Crippen LogP contribution is 2.23. The molecule has 8 N–H and O–H groups in total. The van der Waals surface area contributed by atoms with Crippen LogP contribution in [0.4, 0.5) is 0 Å². The lowest BCUT2D eigenvalue weighted by Gasteiger charge is -2.40. The molecule has 1 rings (SSSR count). The van der Waals surface area contributed by atoms with Crippen LogP contribution in [0.2, 0.25) is 0 Å². The van der Waals surface area contributed by atoms with E-state index in [1.807, 2.05) is 0 Å². The molecule has 9 atom stereocenters. The second-order valence-electron chi connectivity index (χ2n) is 17.2. The largest absolute Gasteiger partial charge is 0.394 e. The Morgan fingerprint density at radius 2 is 0.912 bits per heavy atom. The zero-order chi connectivity index (χ0) is 41.9. The first-order valence-corrected chi connectivity index (χ1v) is 23.9. The summed E-state index contributed by atoms with van der Waals surface area (Å²) in [7, 11) is 0. The maximum Gasteiger partial charge on any atom is 0.249 e. The van der Waals surface area contributed by atoms with Crippen molar-refractivity contribution < 1.29 is 50.0 Å². The summed E-state index contributed by atoms with van der Waals surface area (Å²) in [6, 6.07) is -1.16. The van der Waals surface area contributed by atoms with Crippen molar-refractivity contribution >= 4 is 5.91 Å². The normalized spacial score (nSPS) is 22.0. The fourth-order valence-electron chi connectivity index (χ4n) is 7.91. The van der Waals surface area contributed by atoms with E-state index in [2.05, 4.69) is 19.2 Å². The fourth-order valence-corrected chi connectivity index (χ4v) is 7.91. The average molecular weight is 818 g/mol. The van der Waals surface area contributed by atoms with Crippen LogP contribution in [0.15, 0.2) is 0 Å². The fraction of sp³-hybridized carbons (Fsp3) is 0.978. The van der Waals surface area contributed by atoms with Crippen molar-refractivity contribution in [1.82, 2.24) is 5.32 Å². The van der Waals surface area contributed by atoms with E-state index in [0.29, 0.717) is 19.3 Å². The number of unbranched alkanes of at least 4 members (excludes halogenated alkanes) is 28. The highest BCUT2D eigenvalue weighted by atomic mass is 16.7. The van der Waals surface area contributed by atoms with E-state index in [0.717, 1.165) is 38.5 Å². The lowest BCUT2D eigenvalue weighted by Crippen LogP contribution is -2.60. The summed E-state index contributed by atoms with van der Waals surface area (Å²) >= 11 is 0. The molecule has 11 nitrogen and oxygen atoms in total. The number of aliphatic hydroxyl groups is 7. The highest BCUT2D eigenvalue weighted by molar-refractivity contribution is 5.80. The number of ether oxygens (including phenoxy) is 2. The standard InChI is InChI=1S/C46H91NO10/c1-3-5-7-9-11-13-14-15-16-17-18-19-20-21-22-23-24-25-26-28-29-31-33-38(49)41(51)37(36-56-46-44(54)43(53)42(52)40(35-48)57-46)47-45(55)39(50)34-32-30-27-12-10-8-6-4-2/h37-44,46,48-54H,3-36H2,1-2H3,(H,47,55). The molecule has 0 aromatic rings. The first kappa shape index (κ1) is 54.1. The smallest absolute Gasteiger partial charge is 0.249 e. The van der Waals surface area contributed by atoms with Gasteiger partial charge in [-0.1, -0.05) is 206 Å². The Labute approximate surface area is 348 Å². The van der Waals surface area contributed by atoms with Crippen LogP contribution < -0.4 is 5.32 Å². The van der Waals surface area contributed by atoms with Gasteiger partial charge in [-0.15, -0.1) is 0 Å². The summed E-state index contributed by atoms with van der Waals surface area (Å²) in [5.74, 6) is -0.698. The molecule has 11 heteroatoms. The number of rotatable bonds is 40. The van der Waals surface area contributed by atoms with Crippen molar-refractivity contribution in [3.63, 3.8) is 0 Å². The van der Waals surface area contributed by atoms with Gasteiger partial charge in [0.05, 0.1) is 25.4 Å². The Hall–Kier alpha value is -0.890. The molecule has 0 spiro atoms. The van der Waals surface area contributed by atoms with Gasteiger partial charge in [-0.25, -0.2) is 0 Å². The van der Waals surface area contributed by atoms with Crippen LogP contribution in [-0.4, -0.2) is 110 Å². The van der Waals surface area contributed by atoms with Gasteiger partial charge in [0.25, 0.3) is 0 Å². The molecule has 1 aliphatic heterocycles. The third kappa shape index (κ3) is 26.8. The van der Waals surface area contributed by atoms with Crippen LogP contribution >= 0.6 is 0 Å². The summed E-state index contributed by atoms with van der Waals surface area (Å²) in [5, 5.41) is 75.5. The predicted molar refractivity (Wildman–Crippen MR) is 229 cm³/mol. The van der Waals surface area contributed by atoms with Crippen molar-refractivity contribution in [2.75, 3.05) is 13.2 Å². The molecule has 0 bridgehead atoms. The minimum atomic E-state index is -1.65. The Balaban J connectivity index is 2.33. The first-order valence-electron chi connectivity index (χ1n) is 23.9. The number of carbonyl (C=O) groups is 1. The molecule has 0 aromatic carbocycles. The van der Waals surface area contributed by atoms with E-state index < -0.39 is 74.2 Å². The molecule has 1 saturated heterocycles. The van der Waals surface area contributed by atoms with E-state index in [1.165, 1.54) is 141 Å². The lowest BCUT2D eigenvalue weighted by atomic mass is 9.98. The molecule has 1 fully saturated rings. The summed E-state index contributed by atoms with van der Waals surface area (Å²) < 4.78 is 11.1. The molecule has 1 aliphatic rings. The van der Waals surface area contributed by atoms with Gasteiger partial charge in [-0.3, -0.25) is 4.79 Å². The third-order valence-electron chi connectivity index (χ3n) is 11.9. The predicted octanol–water partition coefficient (Wildman–Crippen LogP) is 7.89. The second-order valence-corrected chi connectivity index (χ2v) is 17.2. The van der Waals surface area contributed by atoms with Gasteiger partial charge in [-0.05, 0) is 12.8 Å². The van der Waals surface area contributed by atoms with Gasteiger partial charge < -0.3 is 50.5 Å². The maximum absolute atomic E-state index is 13.0. The molecule has 0 radical (unpaired) electrons. The zero-order valence-electron chi connectivity index (χ0n) is 36.6. The molecule has 1 heterocycles. The van der Waals surface area contributed by atoms with Crippen molar-refractivity contribution in [3.05, 3.63) is 0 Å². The average Bonchev–Trinajstić information content (AvgIpc) is 3.21. The molecule has 9 unspecified atom stereocenters. The van der Waals surface area contributed by atoms with Crippen molar-refractivity contribution in [2.24, 2.45) is 0 Å². The van der Waals surface area contributed by atoms with E-state index in [4.69, 9.17) is 9.47 Å². The maximum atomic E-state index is 13.0. The SMILES string of the molecule is CCCCCCCCCCCCCCCCCCCCCCCCC(O)C(O)C(COC1OC(CO)C(O)C(O)C1O)NC(=O)C(O)CCCCCCCCCC. The van der Waals surface area contributed by atoms with Gasteiger partial charge in [0.1, 0.15) is 36.6 Å². The lowest BCUT2D eigenvalue weighted by molar-refractivity contribution is -0.303. The van der Waals surface area contributed by atoms with Crippen molar-refractivity contribution in [2.45, 2.75) is 274 Å². The van der Waals surface area contributed by atoms with Crippen LogP contribution in [0, 0.1) is 0 Å². The molecule has 57 heavy (non-hydrogen) atoms. The summed E-state index contributed by atoms with van der Waals surface area (Å²) in [6.07, 6.45) is 26.1. The highest BCUT2D eigenvalue weighted by Gasteiger charge is 2.44. The summed E-state index contributed by atoms with van der Waals surface area (Å²) in [6.45, 7) is 3.41. The Bertz CT molecular complexity index is 897. The Kier molecular flexibility index (Phi) is 35.1. The van der Waals surface area contributed by atoms with E-state index in [9.17, 15) is 40.5 Å². The number of carbonyl (C=O) groups excluding carboxylic acids is 1. The topological polar surface area (TPSA) is 189 Å². The third-order valence-corrected chi connectivity index (χ3v) is 11.9. The molecule has 0 saturated carbocycles. The minimum Gasteiger partial charge on any atom is -0.394 e. The molecular formula is C46H91NO10. The van der Waals surface area contributed by atoms with Crippen molar-refractivity contribution in [3.8, 4) is 0 Å². The number of hydrogen-bond acceptors (Lipinski definition) is 10. The number of hydrogen-bond donors (Lipinski definition) is 8. The van der Waals surface area contributed by atoms with Gasteiger partial charge in [0, 0.05) is 0 Å². The Morgan fingerprint density at radius 3 is 1.30 bits per heavy atom. The van der Waals surface area contributed by atoms with E-state index in [1.54, 1.807) is 0 Å². The van der Waals surface area contributed by atoms with Crippen LogP contribution in [0.5, 0.6) is 0 Å². The Morgan fingerprint density at radius 1 is 0.544 bits per heavy atom. The van der Waals surface area contributed by atoms with Crippen molar-refractivity contribution in [1.29, 1.82) is 0 Å². The molecule has 0 aliphatic carbocycles. The van der Waals surface area contributed by atoms with E-state index in [-0.39, 0.29) is 6.42 Å².